The normalized spacial score (nSPS) is 10.8. The maximum Gasteiger partial charge on any atom is 0.339 e. The van der Waals surface area contributed by atoms with Crippen molar-refractivity contribution >= 4 is 16.9 Å². The largest absolute Gasteiger partial charge is 0.465 e. The van der Waals surface area contributed by atoms with Crippen LogP contribution in [0.1, 0.15) is 16.2 Å². The number of esters is 1. The number of hydrogen-bond acceptors (Lipinski definition) is 5. The molecule has 0 atom stereocenters. The van der Waals surface area contributed by atoms with Crippen LogP contribution in [0.25, 0.3) is 16.6 Å². The van der Waals surface area contributed by atoms with Crippen molar-refractivity contribution in [2.75, 3.05) is 14.2 Å². The molecular weight excluding hydrogens is 308 g/mol. The Bertz CT molecular complexity index is 963. The molecule has 0 spiro atoms. The van der Waals surface area contributed by atoms with Gasteiger partial charge in [-0.25, -0.2) is 9.78 Å². The van der Waals surface area contributed by atoms with Gasteiger partial charge in [-0.2, -0.15) is 0 Å². The van der Waals surface area contributed by atoms with E-state index in [1.54, 1.807) is 42.5 Å². The first-order valence-corrected chi connectivity index (χ1v) is 7.34. The fraction of sp³-hybridized carbons (Fsp3) is 0.167. The van der Waals surface area contributed by atoms with E-state index >= 15 is 0 Å². The Morgan fingerprint density at radius 2 is 1.79 bits per heavy atom. The number of aromatic nitrogens is 2. The number of nitrogens with zero attached hydrogens (tertiary/aromatic N) is 2. The number of carbonyl (C=O) groups excluding carboxylic acids is 1. The summed E-state index contributed by atoms with van der Waals surface area (Å²) >= 11 is 0. The molecule has 2 aromatic carbocycles. The second kappa shape index (κ2) is 6.64. The van der Waals surface area contributed by atoms with Crippen LogP contribution in [0.4, 0.5) is 0 Å². The van der Waals surface area contributed by atoms with Crippen molar-refractivity contribution in [1.29, 1.82) is 0 Å². The van der Waals surface area contributed by atoms with E-state index in [0.717, 1.165) is 0 Å². The average Bonchev–Trinajstić information content (AvgIpc) is 2.62. The lowest BCUT2D eigenvalue weighted by Gasteiger charge is -2.15. The molecule has 6 heteroatoms. The van der Waals surface area contributed by atoms with Crippen LogP contribution in [0.5, 0.6) is 0 Å². The summed E-state index contributed by atoms with van der Waals surface area (Å²) in [6.07, 6.45) is 0. The topological polar surface area (TPSA) is 70.4 Å². The molecule has 1 aromatic heterocycles. The SMILES string of the molecule is COCc1nc2ccccc2c(=O)n1-c1ccccc1C(=O)OC. The van der Waals surface area contributed by atoms with Crippen molar-refractivity contribution in [3.05, 3.63) is 70.3 Å². The first-order chi connectivity index (χ1) is 11.7. The number of para-hydroxylation sites is 2. The van der Waals surface area contributed by atoms with E-state index in [9.17, 15) is 9.59 Å². The van der Waals surface area contributed by atoms with Gasteiger partial charge in [-0.3, -0.25) is 9.36 Å². The molecule has 0 unspecified atom stereocenters. The molecule has 1 heterocycles. The molecule has 0 fully saturated rings. The minimum Gasteiger partial charge on any atom is -0.465 e. The molecule has 3 rings (SSSR count). The predicted molar refractivity (Wildman–Crippen MR) is 89.4 cm³/mol. The molecule has 0 aliphatic rings. The number of fused-ring (bicyclic) bond motifs is 1. The van der Waals surface area contributed by atoms with E-state index in [0.29, 0.717) is 22.4 Å². The quantitative estimate of drug-likeness (QED) is 0.689. The van der Waals surface area contributed by atoms with Gasteiger partial charge in [-0.1, -0.05) is 24.3 Å². The Hall–Kier alpha value is -2.99. The highest BCUT2D eigenvalue weighted by atomic mass is 16.5. The second-order valence-electron chi connectivity index (χ2n) is 5.13. The summed E-state index contributed by atoms with van der Waals surface area (Å²) < 4.78 is 11.4. The highest BCUT2D eigenvalue weighted by Gasteiger charge is 2.18. The summed E-state index contributed by atoms with van der Waals surface area (Å²) in [6.45, 7) is 0.135. The van der Waals surface area contributed by atoms with Crippen molar-refractivity contribution < 1.29 is 14.3 Å². The lowest BCUT2D eigenvalue weighted by Crippen LogP contribution is -2.26. The smallest absolute Gasteiger partial charge is 0.339 e. The van der Waals surface area contributed by atoms with Gasteiger partial charge in [-0.15, -0.1) is 0 Å². The predicted octanol–water partition coefficient (Wildman–Crippen LogP) is 2.32. The van der Waals surface area contributed by atoms with Crippen molar-refractivity contribution in [2.45, 2.75) is 6.61 Å². The molecular formula is C18H16N2O4. The Morgan fingerprint density at radius 1 is 1.08 bits per heavy atom. The highest BCUT2D eigenvalue weighted by Crippen LogP contribution is 2.18. The van der Waals surface area contributed by atoms with Gasteiger partial charge in [0.1, 0.15) is 12.4 Å². The zero-order valence-corrected chi connectivity index (χ0v) is 13.4. The molecule has 3 aromatic rings. The molecule has 122 valence electrons. The third-order valence-electron chi connectivity index (χ3n) is 3.67. The summed E-state index contributed by atoms with van der Waals surface area (Å²) in [7, 11) is 2.83. The van der Waals surface area contributed by atoms with Crippen LogP contribution in [-0.2, 0) is 16.1 Å². The van der Waals surface area contributed by atoms with E-state index in [1.165, 1.54) is 18.8 Å². The van der Waals surface area contributed by atoms with Gasteiger partial charge >= 0.3 is 5.97 Å². The average molecular weight is 324 g/mol. The number of benzene rings is 2. The number of ether oxygens (including phenoxy) is 2. The molecule has 0 aliphatic heterocycles. The van der Waals surface area contributed by atoms with Gasteiger partial charge in [0.25, 0.3) is 5.56 Å². The van der Waals surface area contributed by atoms with Crippen LogP contribution in [0.3, 0.4) is 0 Å². The Morgan fingerprint density at radius 3 is 2.54 bits per heavy atom. The number of methoxy groups -OCH3 is 2. The summed E-state index contributed by atoms with van der Waals surface area (Å²) in [6, 6.07) is 13.8. The Labute approximate surface area is 138 Å². The zero-order valence-electron chi connectivity index (χ0n) is 13.4. The number of hydrogen-bond donors (Lipinski definition) is 0. The standard InChI is InChI=1S/C18H16N2O4/c1-23-11-16-19-14-9-5-3-7-12(14)17(21)20(16)15-10-6-4-8-13(15)18(22)24-2/h3-10H,11H2,1-2H3. The number of rotatable bonds is 4. The fourth-order valence-corrected chi connectivity index (χ4v) is 2.60. The molecule has 0 N–H and O–H groups in total. The molecule has 6 nitrogen and oxygen atoms in total. The summed E-state index contributed by atoms with van der Waals surface area (Å²) in [4.78, 5) is 29.6. The van der Waals surface area contributed by atoms with Crippen LogP contribution >= 0.6 is 0 Å². The number of carbonyl (C=O) groups is 1. The van der Waals surface area contributed by atoms with E-state index < -0.39 is 5.97 Å². The van der Waals surface area contributed by atoms with Crippen molar-refractivity contribution in [2.24, 2.45) is 0 Å². The van der Waals surface area contributed by atoms with Crippen LogP contribution in [0.2, 0.25) is 0 Å². The second-order valence-corrected chi connectivity index (χ2v) is 5.13. The maximum atomic E-state index is 13.0. The fourth-order valence-electron chi connectivity index (χ4n) is 2.60. The first kappa shape index (κ1) is 15.9. The molecule has 0 saturated heterocycles. The van der Waals surface area contributed by atoms with Gasteiger partial charge in [-0.05, 0) is 24.3 Å². The van der Waals surface area contributed by atoms with Gasteiger partial charge in [0, 0.05) is 7.11 Å². The third kappa shape index (κ3) is 2.68. The maximum absolute atomic E-state index is 13.0. The van der Waals surface area contributed by atoms with Gasteiger partial charge in [0.15, 0.2) is 0 Å². The third-order valence-corrected chi connectivity index (χ3v) is 3.67. The van der Waals surface area contributed by atoms with E-state index in [4.69, 9.17) is 9.47 Å². The zero-order chi connectivity index (χ0) is 17.1. The highest BCUT2D eigenvalue weighted by molar-refractivity contribution is 5.93. The van der Waals surface area contributed by atoms with E-state index in [1.807, 2.05) is 6.07 Å². The Balaban J connectivity index is 2.38. The summed E-state index contributed by atoms with van der Waals surface area (Å²) in [5.41, 5.74) is 1.03. The van der Waals surface area contributed by atoms with Gasteiger partial charge in [0.2, 0.25) is 0 Å². The summed E-state index contributed by atoms with van der Waals surface area (Å²) in [5.74, 6) is -0.105. The molecule has 0 aliphatic carbocycles. The molecule has 0 radical (unpaired) electrons. The van der Waals surface area contributed by atoms with Gasteiger partial charge < -0.3 is 9.47 Å². The van der Waals surface area contributed by atoms with Gasteiger partial charge in [0.05, 0.1) is 29.3 Å². The molecule has 0 bridgehead atoms. The summed E-state index contributed by atoms with van der Waals surface area (Å²) in [5, 5.41) is 0.469. The van der Waals surface area contributed by atoms with Crippen LogP contribution in [0.15, 0.2) is 53.3 Å². The monoisotopic (exact) mass is 324 g/mol. The van der Waals surface area contributed by atoms with Crippen LogP contribution in [-0.4, -0.2) is 29.7 Å². The molecule has 0 saturated carbocycles. The minimum atomic E-state index is -0.519. The van der Waals surface area contributed by atoms with Crippen molar-refractivity contribution in [3.63, 3.8) is 0 Å². The van der Waals surface area contributed by atoms with E-state index in [2.05, 4.69) is 4.98 Å². The lowest BCUT2D eigenvalue weighted by molar-refractivity contribution is 0.0600. The van der Waals surface area contributed by atoms with E-state index in [-0.39, 0.29) is 17.7 Å². The van der Waals surface area contributed by atoms with Crippen LogP contribution < -0.4 is 5.56 Å². The Kier molecular flexibility index (Phi) is 4.39. The molecule has 0 amide bonds. The molecule has 24 heavy (non-hydrogen) atoms. The first-order valence-electron chi connectivity index (χ1n) is 7.34. The minimum absolute atomic E-state index is 0.135. The lowest BCUT2D eigenvalue weighted by atomic mass is 10.1. The van der Waals surface area contributed by atoms with Crippen molar-refractivity contribution in [1.82, 2.24) is 9.55 Å². The van der Waals surface area contributed by atoms with Crippen molar-refractivity contribution in [3.8, 4) is 5.69 Å². The van der Waals surface area contributed by atoms with Crippen LogP contribution in [0, 0.1) is 0 Å².